The van der Waals surface area contributed by atoms with E-state index in [0.29, 0.717) is 34.9 Å². The summed E-state index contributed by atoms with van der Waals surface area (Å²) in [6.07, 6.45) is 9.06. The van der Waals surface area contributed by atoms with Crippen molar-refractivity contribution in [3.63, 3.8) is 0 Å². The van der Waals surface area contributed by atoms with E-state index in [-0.39, 0.29) is 17.5 Å². The molecule has 0 saturated carbocycles. The van der Waals surface area contributed by atoms with Gasteiger partial charge in [0.15, 0.2) is 10.8 Å². The zero-order chi connectivity index (χ0) is 22.5. The van der Waals surface area contributed by atoms with E-state index in [1.54, 1.807) is 15.4 Å². The minimum Gasteiger partial charge on any atom is -0.356 e. The van der Waals surface area contributed by atoms with Crippen molar-refractivity contribution in [3.05, 3.63) is 46.4 Å². The fourth-order valence-electron chi connectivity index (χ4n) is 4.18. The Morgan fingerprint density at radius 1 is 1.19 bits per heavy atom. The molecule has 1 N–H and O–H groups in total. The fraction of sp³-hybridized carbons (Fsp3) is 0.500. The maximum absolute atomic E-state index is 13.3. The number of fused-ring (bicyclic) bond motifs is 2. The maximum atomic E-state index is 13.3. The second-order valence-electron chi connectivity index (χ2n) is 8.44. The molecule has 0 saturated heterocycles. The van der Waals surface area contributed by atoms with Crippen LogP contribution in [-0.2, 0) is 4.79 Å². The summed E-state index contributed by atoms with van der Waals surface area (Å²) < 4.78 is 3.41. The molecule has 0 fully saturated rings. The van der Waals surface area contributed by atoms with Gasteiger partial charge in [0.1, 0.15) is 5.39 Å². The molecule has 0 aliphatic carbocycles. The number of nitrogens with zero attached hydrogens (tertiary/aromatic N) is 4. The molecule has 2 aromatic heterocycles. The van der Waals surface area contributed by atoms with Gasteiger partial charge in [0.25, 0.3) is 5.56 Å². The van der Waals surface area contributed by atoms with E-state index in [1.165, 1.54) is 37.4 Å². The van der Waals surface area contributed by atoms with Crippen LogP contribution >= 0.6 is 11.8 Å². The van der Waals surface area contributed by atoms with Crippen molar-refractivity contribution in [2.24, 2.45) is 0 Å². The lowest BCUT2D eigenvalue weighted by Gasteiger charge is -2.13. The number of nitrogens with one attached hydrogen (secondary N) is 1. The average molecular weight is 454 g/mol. The van der Waals surface area contributed by atoms with Gasteiger partial charge < -0.3 is 5.32 Å². The molecule has 1 aliphatic heterocycles. The lowest BCUT2D eigenvalue weighted by atomic mass is 10.1. The number of thioether (sulfide) groups is 1. The number of carbonyl (C=O) groups excluding carboxylic acids is 1. The summed E-state index contributed by atoms with van der Waals surface area (Å²) in [5, 5.41) is 8.60. The first kappa shape index (κ1) is 22.6. The van der Waals surface area contributed by atoms with Crippen molar-refractivity contribution in [2.45, 2.75) is 70.0 Å². The van der Waals surface area contributed by atoms with E-state index < -0.39 is 0 Å². The van der Waals surface area contributed by atoms with Crippen LogP contribution in [0.2, 0.25) is 0 Å². The Morgan fingerprint density at radius 2 is 1.97 bits per heavy atom. The van der Waals surface area contributed by atoms with Crippen LogP contribution in [0.25, 0.3) is 16.7 Å². The molecule has 1 unspecified atom stereocenters. The summed E-state index contributed by atoms with van der Waals surface area (Å²) in [6.45, 7) is 4.92. The number of para-hydroxylation sites is 1. The molecule has 1 aromatic carbocycles. The standard InChI is InChI=1S/C24H31N5O2S/c1-3-4-5-6-7-10-13-25-21(30)14-18-16-32-24-27-22-19(23(31)28(18)24)15-26-29(22)20-12-9-8-11-17(20)2/h8-9,11-12,15,18H,3-7,10,13-14,16H2,1-2H3,(H,25,30). The Bertz CT molecular complexity index is 1150. The number of rotatable bonds is 10. The van der Waals surface area contributed by atoms with Crippen LogP contribution in [0.15, 0.2) is 40.4 Å². The summed E-state index contributed by atoms with van der Waals surface area (Å²) >= 11 is 1.53. The van der Waals surface area contributed by atoms with Gasteiger partial charge in [-0.25, -0.2) is 9.67 Å². The zero-order valence-electron chi connectivity index (χ0n) is 18.8. The van der Waals surface area contributed by atoms with Gasteiger partial charge in [0, 0.05) is 18.7 Å². The van der Waals surface area contributed by atoms with Crippen molar-refractivity contribution in [1.82, 2.24) is 24.6 Å². The first-order valence-electron chi connectivity index (χ1n) is 11.6. The Balaban J connectivity index is 1.44. The second-order valence-corrected chi connectivity index (χ2v) is 9.42. The zero-order valence-corrected chi connectivity index (χ0v) is 19.7. The Kier molecular flexibility index (Phi) is 7.29. The molecule has 8 heteroatoms. The molecule has 3 heterocycles. The summed E-state index contributed by atoms with van der Waals surface area (Å²) in [6, 6.07) is 7.73. The lowest BCUT2D eigenvalue weighted by Crippen LogP contribution is -2.31. The summed E-state index contributed by atoms with van der Waals surface area (Å²) in [5.74, 6) is 0.677. The lowest BCUT2D eigenvalue weighted by molar-refractivity contribution is -0.121. The Labute approximate surface area is 192 Å². The first-order valence-corrected chi connectivity index (χ1v) is 12.5. The molecule has 32 heavy (non-hydrogen) atoms. The molecule has 1 aliphatic rings. The third-order valence-electron chi connectivity index (χ3n) is 5.99. The fourth-order valence-corrected chi connectivity index (χ4v) is 5.31. The van der Waals surface area contributed by atoms with Crippen molar-refractivity contribution in [1.29, 1.82) is 0 Å². The van der Waals surface area contributed by atoms with Crippen LogP contribution in [-0.4, -0.2) is 37.5 Å². The van der Waals surface area contributed by atoms with Gasteiger partial charge in [-0.3, -0.25) is 14.2 Å². The van der Waals surface area contributed by atoms with E-state index in [4.69, 9.17) is 4.98 Å². The highest BCUT2D eigenvalue weighted by atomic mass is 32.2. The van der Waals surface area contributed by atoms with Crippen molar-refractivity contribution < 1.29 is 4.79 Å². The highest BCUT2D eigenvalue weighted by Gasteiger charge is 2.29. The molecule has 3 aromatic rings. The molecule has 4 rings (SSSR count). The van der Waals surface area contributed by atoms with Crippen LogP contribution in [0.3, 0.4) is 0 Å². The highest BCUT2D eigenvalue weighted by Crippen LogP contribution is 2.33. The van der Waals surface area contributed by atoms with Gasteiger partial charge in [-0.1, -0.05) is 69.0 Å². The summed E-state index contributed by atoms with van der Waals surface area (Å²) in [4.78, 5) is 30.5. The molecule has 7 nitrogen and oxygen atoms in total. The van der Waals surface area contributed by atoms with Gasteiger partial charge >= 0.3 is 0 Å². The third-order valence-corrected chi connectivity index (χ3v) is 7.09. The number of hydrogen-bond acceptors (Lipinski definition) is 5. The first-order chi connectivity index (χ1) is 15.6. The Hall–Kier alpha value is -2.61. The smallest absolute Gasteiger partial charge is 0.265 e. The van der Waals surface area contributed by atoms with E-state index in [0.717, 1.165) is 24.1 Å². The molecule has 0 bridgehead atoms. The number of aryl methyl sites for hydroxylation is 1. The third kappa shape index (κ3) is 4.75. The predicted octanol–water partition coefficient (Wildman–Crippen LogP) is 4.40. The number of carbonyl (C=O) groups is 1. The van der Waals surface area contributed by atoms with Gasteiger partial charge in [-0.05, 0) is 25.0 Å². The monoisotopic (exact) mass is 453 g/mol. The molecule has 0 radical (unpaired) electrons. The van der Waals surface area contributed by atoms with E-state index in [1.807, 2.05) is 31.2 Å². The molecule has 0 spiro atoms. The van der Waals surface area contributed by atoms with E-state index in [2.05, 4.69) is 17.3 Å². The number of aromatic nitrogens is 4. The average Bonchev–Trinajstić information content (AvgIpc) is 3.38. The van der Waals surface area contributed by atoms with Crippen LogP contribution in [0.1, 0.15) is 63.5 Å². The van der Waals surface area contributed by atoms with E-state index in [9.17, 15) is 9.59 Å². The van der Waals surface area contributed by atoms with Crippen LogP contribution < -0.4 is 10.9 Å². The molecule has 170 valence electrons. The number of unbranched alkanes of at least 4 members (excludes halogenated alkanes) is 5. The SMILES string of the molecule is CCCCCCCCNC(=O)CC1CSc2nc3c(cnn3-c3ccccc3C)c(=O)n21. The van der Waals surface area contributed by atoms with Crippen molar-refractivity contribution in [2.75, 3.05) is 12.3 Å². The second kappa shape index (κ2) is 10.3. The quantitative estimate of drug-likeness (QED) is 0.363. The highest BCUT2D eigenvalue weighted by molar-refractivity contribution is 7.99. The van der Waals surface area contributed by atoms with Crippen molar-refractivity contribution >= 4 is 28.7 Å². The van der Waals surface area contributed by atoms with Crippen molar-refractivity contribution in [3.8, 4) is 5.69 Å². The minimum absolute atomic E-state index is 0.000361. The predicted molar refractivity (Wildman–Crippen MR) is 129 cm³/mol. The maximum Gasteiger partial charge on any atom is 0.265 e. The largest absolute Gasteiger partial charge is 0.356 e. The molecular formula is C24H31N5O2S. The van der Waals surface area contributed by atoms with Gasteiger partial charge in [0.2, 0.25) is 5.91 Å². The topological polar surface area (TPSA) is 81.8 Å². The number of benzene rings is 1. The summed E-state index contributed by atoms with van der Waals surface area (Å²) in [7, 11) is 0. The summed E-state index contributed by atoms with van der Waals surface area (Å²) in [5.41, 5.74) is 2.42. The van der Waals surface area contributed by atoms with E-state index >= 15 is 0 Å². The molecule has 1 amide bonds. The Morgan fingerprint density at radius 3 is 2.78 bits per heavy atom. The minimum atomic E-state index is -0.175. The van der Waals surface area contributed by atoms with Crippen LogP contribution in [0.4, 0.5) is 0 Å². The van der Waals surface area contributed by atoms with Gasteiger partial charge in [-0.2, -0.15) is 5.10 Å². The molecule has 1 atom stereocenters. The van der Waals surface area contributed by atoms with Crippen LogP contribution in [0, 0.1) is 6.92 Å². The normalized spacial score (nSPS) is 15.2. The number of amides is 1. The number of hydrogen-bond donors (Lipinski definition) is 1. The van der Waals surface area contributed by atoms with Crippen LogP contribution in [0.5, 0.6) is 0 Å². The van der Waals surface area contributed by atoms with Gasteiger partial charge in [-0.15, -0.1) is 0 Å². The molecular weight excluding hydrogens is 422 g/mol. The van der Waals surface area contributed by atoms with Gasteiger partial charge in [0.05, 0.1) is 17.9 Å².